The molecular formula is C16H25NO3. The highest BCUT2D eigenvalue weighted by Gasteiger charge is 2.25. The Hall–Kier alpha value is -1.26. The van der Waals surface area contributed by atoms with Crippen molar-refractivity contribution in [2.45, 2.75) is 38.9 Å². The fourth-order valence-corrected chi connectivity index (χ4v) is 3.03. The second-order valence-corrected chi connectivity index (χ2v) is 5.63. The summed E-state index contributed by atoms with van der Waals surface area (Å²) >= 11 is 0. The third kappa shape index (κ3) is 3.07. The van der Waals surface area contributed by atoms with Crippen LogP contribution in [0.25, 0.3) is 0 Å². The van der Waals surface area contributed by atoms with Gasteiger partial charge in [0.1, 0.15) is 5.75 Å². The zero-order valence-electron chi connectivity index (χ0n) is 12.5. The molecule has 1 saturated heterocycles. The molecule has 0 radical (unpaired) electrons. The topological polar surface area (TPSA) is 52.9 Å². The van der Waals surface area contributed by atoms with E-state index in [-0.39, 0.29) is 6.10 Å². The first-order valence-corrected chi connectivity index (χ1v) is 7.32. The molecule has 1 unspecified atom stereocenters. The van der Waals surface area contributed by atoms with E-state index in [1.807, 2.05) is 25.1 Å². The van der Waals surface area contributed by atoms with Crippen LogP contribution in [0, 0.1) is 5.92 Å². The number of aliphatic hydroxyl groups is 2. The van der Waals surface area contributed by atoms with Gasteiger partial charge in [-0.05, 0) is 44.7 Å². The lowest BCUT2D eigenvalue weighted by molar-refractivity contribution is 0.109. The molecule has 112 valence electrons. The SMILES string of the molecule is COc1cccc(N2CCC(C(C)O)CC2)c1[C@H](C)O. The number of hydrogen-bond acceptors (Lipinski definition) is 4. The van der Waals surface area contributed by atoms with Gasteiger partial charge in [-0.2, -0.15) is 0 Å². The zero-order valence-corrected chi connectivity index (χ0v) is 12.5. The molecule has 0 saturated carbocycles. The fraction of sp³-hybridized carbons (Fsp3) is 0.625. The first kappa shape index (κ1) is 15.1. The highest BCUT2D eigenvalue weighted by Crippen LogP contribution is 2.36. The van der Waals surface area contributed by atoms with Gasteiger partial charge in [-0.25, -0.2) is 0 Å². The van der Waals surface area contributed by atoms with Crippen molar-refractivity contribution in [3.8, 4) is 5.75 Å². The Bertz CT molecular complexity index is 437. The predicted molar refractivity (Wildman–Crippen MR) is 80.2 cm³/mol. The van der Waals surface area contributed by atoms with Crippen molar-refractivity contribution < 1.29 is 14.9 Å². The van der Waals surface area contributed by atoms with E-state index in [1.54, 1.807) is 14.0 Å². The van der Waals surface area contributed by atoms with Crippen LogP contribution in [-0.2, 0) is 0 Å². The monoisotopic (exact) mass is 279 g/mol. The molecule has 1 fully saturated rings. The summed E-state index contributed by atoms with van der Waals surface area (Å²) < 4.78 is 5.37. The summed E-state index contributed by atoms with van der Waals surface area (Å²) in [4.78, 5) is 2.28. The Morgan fingerprint density at radius 3 is 2.35 bits per heavy atom. The Balaban J connectivity index is 2.21. The maximum atomic E-state index is 10.0. The molecule has 4 nitrogen and oxygen atoms in total. The Labute approximate surface area is 121 Å². The van der Waals surface area contributed by atoms with Gasteiger partial charge < -0.3 is 19.8 Å². The molecule has 4 heteroatoms. The summed E-state index contributed by atoms with van der Waals surface area (Å²) in [6, 6.07) is 5.88. The lowest BCUT2D eigenvalue weighted by atomic mass is 9.91. The molecule has 0 amide bonds. The first-order chi connectivity index (χ1) is 9.54. The molecule has 1 aromatic carbocycles. The van der Waals surface area contributed by atoms with Gasteiger partial charge in [-0.3, -0.25) is 0 Å². The molecule has 0 aromatic heterocycles. The summed E-state index contributed by atoms with van der Waals surface area (Å²) in [6.07, 6.45) is 1.16. The van der Waals surface area contributed by atoms with Crippen molar-refractivity contribution in [1.29, 1.82) is 0 Å². The number of rotatable bonds is 4. The van der Waals surface area contributed by atoms with Crippen LogP contribution < -0.4 is 9.64 Å². The Morgan fingerprint density at radius 1 is 1.20 bits per heavy atom. The minimum Gasteiger partial charge on any atom is -0.496 e. The number of nitrogens with zero attached hydrogens (tertiary/aromatic N) is 1. The Morgan fingerprint density at radius 2 is 1.85 bits per heavy atom. The van der Waals surface area contributed by atoms with Crippen LogP contribution in [0.4, 0.5) is 5.69 Å². The highest BCUT2D eigenvalue weighted by molar-refractivity contribution is 5.60. The number of benzene rings is 1. The number of piperidine rings is 1. The minimum absolute atomic E-state index is 0.237. The molecule has 0 aliphatic carbocycles. The molecule has 2 atom stereocenters. The second-order valence-electron chi connectivity index (χ2n) is 5.63. The molecule has 1 heterocycles. The molecule has 0 bridgehead atoms. The van der Waals surface area contributed by atoms with E-state index < -0.39 is 6.10 Å². The summed E-state index contributed by atoms with van der Waals surface area (Å²) in [6.45, 7) is 5.45. The third-order valence-electron chi connectivity index (χ3n) is 4.24. The van der Waals surface area contributed by atoms with Gasteiger partial charge in [-0.1, -0.05) is 6.07 Å². The normalized spacial score (nSPS) is 19.8. The second kappa shape index (κ2) is 6.46. The number of hydrogen-bond donors (Lipinski definition) is 2. The van der Waals surface area contributed by atoms with Crippen LogP contribution in [0.3, 0.4) is 0 Å². The van der Waals surface area contributed by atoms with Crippen LogP contribution in [0.5, 0.6) is 5.75 Å². The number of anilines is 1. The summed E-state index contributed by atoms with van der Waals surface area (Å²) in [5.74, 6) is 1.11. The van der Waals surface area contributed by atoms with Crippen molar-refractivity contribution >= 4 is 5.69 Å². The van der Waals surface area contributed by atoms with Gasteiger partial charge in [0.05, 0.1) is 19.3 Å². The van der Waals surface area contributed by atoms with E-state index in [0.29, 0.717) is 5.92 Å². The van der Waals surface area contributed by atoms with Crippen molar-refractivity contribution in [2.24, 2.45) is 5.92 Å². The van der Waals surface area contributed by atoms with Crippen molar-refractivity contribution in [3.63, 3.8) is 0 Å². The zero-order chi connectivity index (χ0) is 14.7. The smallest absolute Gasteiger partial charge is 0.126 e. The first-order valence-electron chi connectivity index (χ1n) is 7.32. The number of aliphatic hydroxyl groups excluding tert-OH is 2. The molecule has 20 heavy (non-hydrogen) atoms. The van der Waals surface area contributed by atoms with E-state index in [1.165, 1.54) is 0 Å². The number of ether oxygens (including phenoxy) is 1. The van der Waals surface area contributed by atoms with Crippen LogP contribution in [0.1, 0.15) is 38.4 Å². The average Bonchev–Trinajstić information content (AvgIpc) is 2.46. The molecular weight excluding hydrogens is 254 g/mol. The van der Waals surface area contributed by atoms with E-state index in [0.717, 1.165) is 42.9 Å². The summed E-state index contributed by atoms with van der Waals surface area (Å²) in [7, 11) is 1.63. The molecule has 0 spiro atoms. The lowest BCUT2D eigenvalue weighted by Crippen LogP contribution is -2.37. The quantitative estimate of drug-likeness (QED) is 0.888. The largest absolute Gasteiger partial charge is 0.496 e. The van der Waals surface area contributed by atoms with Crippen LogP contribution >= 0.6 is 0 Å². The lowest BCUT2D eigenvalue weighted by Gasteiger charge is -2.36. The summed E-state index contributed by atoms with van der Waals surface area (Å²) in [5, 5.41) is 19.7. The predicted octanol–water partition coefficient (Wildman–Crippen LogP) is 2.35. The highest BCUT2D eigenvalue weighted by atomic mass is 16.5. The summed E-state index contributed by atoms with van der Waals surface area (Å²) in [5.41, 5.74) is 1.90. The van der Waals surface area contributed by atoms with E-state index in [9.17, 15) is 10.2 Å². The Kier molecular flexibility index (Phi) is 4.89. The molecule has 2 N–H and O–H groups in total. The van der Waals surface area contributed by atoms with Gasteiger partial charge in [0.2, 0.25) is 0 Å². The van der Waals surface area contributed by atoms with Gasteiger partial charge >= 0.3 is 0 Å². The molecule has 1 aliphatic heterocycles. The molecule has 1 aromatic rings. The maximum Gasteiger partial charge on any atom is 0.126 e. The molecule has 1 aliphatic rings. The van der Waals surface area contributed by atoms with Crippen molar-refractivity contribution in [1.82, 2.24) is 0 Å². The van der Waals surface area contributed by atoms with E-state index in [2.05, 4.69) is 4.90 Å². The number of methoxy groups -OCH3 is 1. The van der Waals surface area contributed by atoms with Crippen molar-refractivity contribution in [2.75, 3.05) is 25.1 Å². The van der Waals surface area contributed by atoms with E-state index >= 15 is 0 Å². The van der Waals surface area contributed by atoms with Gasteiger partial charge in [0.25, 0.3) is 0 Å². The third-order valence-corrected chi connectivity index (χ3v) is 4.24. The van der Waals surface area contributed by atoms with Crippen LogP contribution in [-0.4, -0.2) is 36.5 Å². The average molecular weight is 279 g/mol. The van der Waals surface area contributed by atoms with Crippen LogP contribution in [0.15, 0.2) is 18.2 Å². The van der Waals surface area contributed by atoms with Gasteiger partial charge in [-0.15, -0.1) is 0 Å². The molecule has 2 rings (SSSR count). The fourth-order valence-electron chi connectivity index (χ4n) is 3.03. The van der Waals surface area contributed by atoms with Gasteiger partial charge in [0, 0.05) is 24.3 Å². The maximum absolute atomic E-state index is 10.0. The standard InChI is InChI=1S/C16H25NO3/c1-11(18)13-7-9-17(10-8-13)14-5-4-6-15(20-3)16(14)12(2)19/h4-6,11-13,18-19H,7-10H2,1-3H3/t11?,12-/m0/s1. The van der Waals surface area contributed by atoms with E-state index in [4.69, 9.17) is 4.74 Å². The van der Waals surface area contributed by atoms with Crippen molar-refractivity contribution in [3.05, 3.63) is 23.8 Å². The van der Waals surface area contributed by atoms with Gasteiger partial charge in [0.15, 0.2) is 0 Å². The minimum atomic E-state index is -0.560. The van der Waals surface area contributed by atoms with Crippen LogP contribution in [0.2, 0.25) is 0 Å².